The van der Waals surface area contributed by atoms with Gasteiger partial charge in [-0.1, -0.05) is 0 Å². The predicted octanol–water partition coefficient (Wildman–Crippen LogP) is -0.283. The fourth-order valence-electron chi connectivity index (χ4n) is 1.08. The lowest BCUT2D eigenvalue weighted by Crippen LogP contribution is -2.40. The molecule has 0 fully saturated rings. The van der Waals surface area contributed by atoms with Crippen LogP contribution in [0.25, 0.3) is 0 Å². The number of hydrogen-bond donors (Lipinski definition) is 2. The van der Waals surface area contributed by atoms with Gasteiger partial charge in [0.15, 0.2) is 5.78 Å². The monoisotopic (exact) mass is 213 g/mol. The van der Waals surface area contributed by atoms with Crippen molar-refractivity contribution in [1.82, 2.24) is 5.32 Å². The van der Waals surface area contributed by atoms with Crippen molar-refractivity contribution < 1.29 is 19.5 Å². The molecule has 82 valence electrons. The summed E-state index contributed by atoms with van der Waals surface area (Å²) in [7, 11) is 0. The van der Waals surface area contributed by atoms with E-state index in [9.17, 15) is 14.4 Å². The van der Waals surface area contributed by atoms with Gasteiger partial charge in [0.25, 0.3) is 0 Å². The van der Waals surface area contributed by atoms with E-state index in [-0.39, 0.29) is 18.6 Å². The number of aliphatic carboxylic acids is 1. The number of carboxylic acids is 1. The maximum Gasteiger partial charge on any atom is 0.326 e. The number of amides is 1. The summed E-state index contributed by atoms with van der Waals surface area (Å²) < 4.78 is 0. The van der Waals surface area contributed by atoms with Crippen LogP contribution in [0.1, 0.15) is 19.8 Å². The zero-order valence-electron chi connectivity index (χ0n) is 8.14. The number of nitrogens with zero attached hydrogens (tertiary/aromatic N) is 2. The Labute approximate surface area is 85.6 Å². The number of nitrogens with one attached hydrogen (secondary N) is 1. The molecular weight excluding hydrogens is 202 g/mol. The summed E-state index contributed by atoms with van der Waals surface area (Å²) in [6.07, 6.45) is -0.485. The zero-order valence-corrected chi connectivity index (χ0v) is 8.14. The van der Waals surface area contributed by atoms with E-state index in [1.54, 1.807) is 0 Å². The number of ketones is 1. The van der Waals surface area contributed by atoms with E-state index in [0.29, 0.717) is 0 Å². The van der Waals surface area contributed by atoms with Crippen LogP contribution in [0.3, 0.4) is 0 Å². The highest BCUT2D eigenvalue weighted by Gasteiger charge is 2.27. The van der Waals surface area contributed by atoms with Crippen LogP contribution >= 0.6 is 0 Å². The van der Waals surface area contributed by atoms with Gasteiger partial charge in [-0.3, -0.25) is 9.59 Å². The van der Waals surface area contributed by atoms with Gasteiger partial charge in [-0.2, -0.15) is 10.2 Å². The van der Waals surface area contributed by atoms with E-state index in [2.05, 4.69) is 15.5 Å². The summed E-state index contributed by atoms with van der Waals surface area (Å²) in [4.78, 5) is 32.4. The lowest BCUT2D eigenvalue weighted by atomic mass is 10.1. The normalized spacial score (nSPS) is 15.8. The SMILES string of the molecule is CC(=O)N[C@@H](CCC(=O)C1N=N1)C(=O)O. The molecule has 1 aliphatic rings. The molecule has 7 heteroatoms. The molecule has 0 aromatic rings. The molecule has 1 amide bonds. The van der Waals surface area contributed by atoms with Crippen molar-refractivity contribution >= 4 is 17.7 Å². The third kappa shape index (κ3) is 3.84. The van der Waals surface area contributed by atoms with E-state index in [4.69, 9.17) is 5.11 Å². The Bertz CT molecular complexity index is 320. The summed E-state index contributed by atoms with van der Waals surface area (Å²) in [5, 5.41) is 17.8. The first-order valence-electron chi connectivity index (χ1n) is 4.43. The molecule has 0 saturated carbocycles. The van der Waals surface area contributed by atoms with Crippen LogP contribution in [0.15, 0.2) is 10.2 Å². The topological polar surface area (TPSA) is 108 Å². The first-order chi connectivity index (χ1) is 7.00. The fourth-order valence-corrected chi connectivity index (χ4v) is 1.08. The fraction of sp³-hybridized carbons (Fsp3) is 0.625. The average Bonchev–Trinajstić information content (AvgIpc) is 2.93. The van der Waals surface area contributed by atoms with Gasteiger partial charge in [-0.15, -0.1) is 0 Å². The van der Waals surface area contributed by atoms with E-state index >= 15 is 0 Å². The second-order valence-corrected chi connectivity index (χ2v) is 3.20. The van der Waals surface area contributed by atoms with Crippen molar-refractivity contribution in [2.75, 3.05) is 0 Å². The van der Waals surface area contributed by atoms with Crippen molar-refractivity contribution in [3.8, 4) is 0 Å². The molecule has 7 nitrogen and oxygen atoms in total. The lowest BCUT2D eigenvalue weighted by molar-refractivity contribution is -0.141. The quantitative estimate of drug-likeness (QED) is 0.632. The van der Waals surface area contributed by atoms with Crippen molar-refractivity contribution in [3.63, 3.8) is 0 Å². The molecule has 1 aliphatic heterocycles. The molecule has 0 bridgehead atoms. The van der Waals surface area contributed by atoms with Crippen molar-refractivity contribution in [3.05, 3.63) is 0 Å². The minimum Gasteiger partial charge on any atom is -0.480 e. The lowest BCUT2D eigenvalue weighted by Gasteiger charge is -2.11. The second-order valence-electron chi connectivity index (χ2n) is 3.20. The Balaban J connectivity index is 2.33. The molecular formula is C8H11N3O4. The molecule has 15 heavy (non-hydrogen) atoms. The molecule has 0 aromatic carbocycles. The van der Waals surface area contributed by atoms with Crippen LogP contribution in [0, 0.1) is 0 Å². The van der Waals surface area contributed by atoms with Crippen LogP contribution in [-0.4, -0.2) is 35.0 Å². The van der Waals surface area contributed by atoms with Gasteiger partial charge in [-0.05, 0) is 6.42 Å². The number of Topliss-reactive ketones (excluding diaryl/α,β-unsaturated/α-hetero) is 1. The third-order valence-electron chi connectivity index (χ3n) is 1.87. The molecule has 0 unspecified atom stereocenters. The summed E-state index contributed by atoms with van der Waals surface area (Å²) in [5.74, 6) is -1.80. The van der Waals surface area contributed by atoms with E-state index in [1.165, 1.54) is 6.92 Å². The number of carboxylic acid groups (broad SMARTS) is 1. The molecule has 0 saturated heterocycles. The number of carbonyl (C=O) groups excluding carboxylic acids is 2. The van der Waals surface area contributed by atoms with Crippen molar-refractivity contribution in [2.24, 2.45) is 10.2 Å². The Morgan fingerprint density at radius 2 is 2.00 bits per heavy atom. The number of hydrogen-bond acceptors (Lipinski definition) is 5. The predicted molar refractivity (Wildman–Crippen MR) is 48.1 cm³/mol. The summed E-state index contributed by atoms with van der Waals surface area (Å²) >= 11 is 0. The second kappa shape index (κ2) is 4.63. The molecule has 0 spiro atoms. The molecule has 0 aliphatic carbocycles. The zero-order chi connectivity index (χ0) is 11.4. The molecule has 1 rings (SSSR count). The van der Waals surface area contributed by atoms with Crippen molar-refractivity contribution in [1.29, 1.82) is 0 Å². The highest BCUT2D eigenvalue weighted by Crippen LogP contribution is 2.14. The maximum absolute atomic E-state index is 11.1. The van der Waals surface area contributed by atoms with Gasteiger partial charge in [0.05, 0.1) is 0 Å². The highest BCUT2D eigenvalue weighted by molar-refractivity contribution is 5.87. The standard InChI is InChI=1S/C8H11N3O4/c1-4(12)9-5(8(14)15)2-3-6(13)7-10-11-7/h5,7H,2-3H2,1H3,(H,9,12)(H,14,15)/t5-/m0/s1. The average molecular weight is 213 g/mol. The van der Waals surface area contributed by atoms with E-state index in [0.717, 1.165) is 0 Å². The summed E-state index contributed by atoms with van der Waals surface area (Å²) in [5.41, 5.74) is 0. The van der Waals surface area contributed by atoms with Crippen LogP contribution in [0.2, 0.25) is 0 Å². The summed E-state index contributed by atoms with van der Waals surface area (Å²) in [6.45, 7) is 1.23. The van der Waals surface area contributed by atoms with Gasteiger partial charge in [0, 0.05) is 13.3 Å². The third-order valence-corrected chi connectivity index (χ3v) is 1.87. The number of carbonyl (C=O) groups is 3. The highest BCUT2D eigenvalue weighted by atomic mass is 16.4. The molecule has 1 heterocycles. The first-order valence-corrected chi connectivity index (χ1v) is 4.43. The Hall–Kier alpha value is -1.79. The largest absolute Gasteiger partial charge is 0.480 e. The van der Waals surface area contributed by atoms with Gasteiger partial charge in [0.1, 0.15) is 6.04 Å². The van der Waals surface area contributed by atoms with Crippen LogP contribution in [-0.2, 0) is 14.4 Å². The number of rotatable bonds is 6. The van der Waals surface area contributed by atoms with Crippen molar-refractivity contribution in [2.45, 2.75) is 32.0 Å². The molecule has 0 aromatic heterocycles. The van der Waals surface area contributed by atoms with Crippen LogP contribution in [0.5, 0.6) is 0 Å². The smallest absolute Gasteiger partial charge is 0.326 e. The summed E-state index contributed by atoms with van der Waals surface area (Å²) in [6, 6.07) is -1.02. The minimum absolute atomic E-state index is 0.0505. The van der Waals surface area contributed by atoms with Crippen LogP contribution in [0.4, 0.5) is 0 Å². The molecule has 0 radical (unpaired) electrons. The van der Waals surface area contributed by atoms with E-state index < -0.39 is 24.1 Å². The molecule has 1 atom stereocenters. The van der Waals surface area contributed by atoms with Gasteiger partial charge in [-0.25, -0.2) is 4.79 Å². The minimum atomic E-state index is -1.15. The Kier molecular flexibility index (Phi) is 3.48. The Morgan fingerprint density at radius 3 is 2.40 bits per heavy atom. The van der Waals surface area contributed by atoms with Gasteiger partial charge in [0.2, 0.25) is 12.1 Å². The Morgan fingerprint density at radius 1 is 1.40 bits per heavy atom. The van der Waals surface area contributed by atoms with Crippen LogP contribution < -0.4 is 5.32 Å². The van der Waals surface area contributed by atoms with Gasteiger partial charge >= 0.3 is 5.97 Å². The van der Waals surface area contributed by atoms with Gasteiger partial charge < -0.3 is 10.4 Å². The first kappa shape index (κ1) is 11.3. The van der Waals surface area contributed by atoms with E-state index in [1.807, 2.05) is 0 Å². The molecule has 2 N–H and O–H groups in total. The maximum atomic E-state index is 11.1.